The molecular formula is C22H32ClN7S. The van der Waals surface area contributed by atoms with Gasteiger partial charge in [-0.15, -0.1) is 0 Å². The highest BCUT2D eigenvalue weighted by molar-refractivity contribution is 7.80. The number of anilines is 1. The molecule has 1 aliphatic rings. The average Bonchev–Trinajstić information content (AvgIpc) is 3.07. The maximum absolute atomic E-state index is 6.42. The quantitative estimate of drug-likeness (QED) is 0.321. The second-order valence-corrected chi connectivity index (χ2v) is 8.51. The van der Waals surface area contributed by atoms with E-state index in [4.69, 9.17) is 29.6 Å². The number of benzene rings is 1. The van der Waals surface area contributed by atoms with Crippen LogP contribution in [0.15, 0.2) is 35.4 Å². The molecule has 0 amide bonds. The van der Waals surface area contributed by atoms with Crippen molar-refractivity contribution in [3.8, 4) is 0 Å². The van der Waals surface area contributed by atoms with Gasteiger partial charge in [0, 0.05) is 44.8 Å². The summed E-state index contributed by atoms with van der Waals surface area (Å²) in [5.41, 5.74) is 10.2. The summed E-state index contributed by atoms with van der Waals surface area (Å²) in [6, 6.07) is 10.6. The van der Waals surface area contributed by atoms with Gasteiger partial charge >= 0.3 is 0 Å². The maximum atomic E-state index is 6.42. The molecule has 0 atom stereocenters. The van der Waals surface area contributed by atoms with E-state index in [9.17, 15) is 0 Å². The van der Waals surface area contributed by atoms with Gasteiger partial charge in [0.15, 0.2) is 10.3 Å². The van der Waals surface area contributed by atoms with Crippen LogP contribution in [0.1, 0.15) is 37.7 Å². The number of aryl methyl sites for hydroxylation is 1. The zero-order valence-electron chi connectivity index (χ0n) is 18.1. The van der Waals surface area contributed by atoms with Crippen LogP contribution in [0.4, 0.5) is 5.69 Å². The molecule has 3 N–H and O–H groups in total. The third kappa shape index (κ3) is 6.92. The third-order valence-corrected chi connectivity index (χ3v) is 5.88. The molecule has 0 saturated carbocycles. The van der Waals surface area contributed by atoms with Crippen LogP contribution in [-0.2, 0) is 13.0 Å². The van der Waals surface area contributed by atoms with Gasteiger partial charge in [-0.25, -0.2) is 4.98 Å². The first-order valence-electron chi connectivity index (χ1n) is 10.9. The number of hydrogen-bond acceptors (Lipinski definition) is 5. The van der Waals surface area contributed by atoms with Crippen LogP contribution in [0.2, 0.25) is 5.15 Å². The number of nitrogens with one attached hydrogen (secondary N) is 1. The Labute approximate surface area is 195 Å². The summed E-state index contributed by atoms with van der Waals surface area (Å²) >= 11 is 11.2. The van der Waals surface area contributed by atoms with Gasteiger partial charge in [0.1, 0.15) is 11.5 Å². The molecule has 168 valence electrons. The molecule has 1 aliphatic heterocycles. The Morgan fingerprint density at radius 3 is 2.61 bits per heavy atom. The predicted molar refractivity (Wildman–Crippen MR) is 133 cm³/mol. The maximum Gasteiger partial charge on any atom is 0.184 e. The molecule has 0 bridgehead atoms. The molecule has 1 fully saturated rings. The van der Waals surface area contributed by atoms with Gasteiger partial charge in [0.05, 0.1) is 6.21 Å². The lowest BCUT2D eigenvalue weighted by Gasteiger charge is -2.36. The van der Waals surface area contributed by atoms with Crippen molar-refractivity contribution < 1.29 is 0 Å². The van der Waals surface area contributed by atoms with Crippen molar-refractivity contribution in [2.75, 3.05) is 37.6 Å². The van der Waals surface area contributed by atoms with E-state index in [1.54, 1.807) is 6.21 Å². The molecule has 31 heavy (non-hydrogen) atoms. The fourth-order valence-electron chi connectivity index (χ4n) is 3.86. The van der Waals surface area contributed by atoms with Gasteiger partial charge in [0.2, 0.25) is 0 Å². The number of halogens is 1. The van der Waals surface area contributed by atoms with E-state index in [1.807, 2.05) is 0 Å². The summed E-state index contributed by atoms with van der Waals surface area (Å²) in [4.78, 5) is 9.57. The first-order chi connectivity index (χ1) is 15.1. The van der Waals surface area contributed by atoms with E-state index in [0.29, 0.717) is 5.15 Å². The van der Waals surface area contributed by atoms with Crippen molar-refractivity contribution in [2.45, 2.75) is 39.2 Å². The van der Waals surface area contributed by atoms with E-state index >= 15 is 0 Å². The standard InChI is InChI=1S/C22H32ClN7S/c1-2-3-10-20-26-21(23)19(17-25-27-22(24)31)30(20)12-7-11-28-13-15-29(16-14-28)18-8-5-4-6-9-18/h4-6,8-9,17H,2-3,7,10-16H2,1H3,(H3,24,27,31)/b25-17+. The van der Waals surface area contributed by atoms with Crippen molar-refractivity contribution in [1.29, 1.82) is 0 Å². The normalized spacial score (nSPS) is 15.0. The van der Waals surface area contributed by atoms with Crippen LogP contribution in [0.25, 0.3) is 0 Å². The summed E-state index contributed by atoms with van der Waals surface area (Å²) < 4.78 is 2.18. The Morgan fingerprint density at radius 1 is 1.19 bits per heavy atom. The minimum atomic E-state index is 0.124. The molecule has 3 rings (SSSR count). The monoisotopic (exact) mass is 461 g/mol. The minimum absolute atomic E-state index is 0.124. The molecule has 0 unspecified atom stereocenters. The number of unbranched alkanes of at least 4 members (excludes halogenated alkanes) is 1. The highest BCUT2D eigenvalue weighted by Gasteiger charge is 2.18. The molecule has 7 nitrogen and oxygen atoms in total. The lowest BCUT2D eigenvalue weighted by Crippen LogP contribution is -2.46. The fourth-order valence-corrected chi connectivity index (χ4v) is 4.16. The second-order valence-electron chi connectivity index (χ2n) is 7.71. The van der Waals surface area contributed by atoms with Gasteiger partial charge in [-0.3, -0.25) is 10.3 Å². The molecule has 0 aliphatic carbocycles. The summed E-state index contributed by atoms with van der Waals surface area (Å²) in [7, 11) is 0. The average molecular weight is 462 g/mol. The second kappa shape index (κ2) is 12.0. The molecule has 0 radical (unpaired) electrons. The summed E-state index contributed by atoms with van der Waals surface area (Å²) in [6.45, 7) is 8.36. The Morgan fingerprint density at radius 2 is 1.94 bits per heavy atom. The number of para-hydroxylation sites is 1. The Balaban J connectivity index is 1.56. The number of imidazole rings is 1. The van der Waals surface area contributed by atoms with Crippen LogP contribution in [0.3, 0.4) is 0 Å². The summed E-state index contributed by atoms with van der Waals surface area (Å²) in [5.74, 6) is 1.01. The SMILES string of the molecule is CCCCc1nc(Cl)c(/C=N/NC(N)=S)n1CCCN1CCN(c2ccccc2)CC1. The highest BCUT2D eigenvalue weighted by Crippen LogP contribution is 2.19. The van der Waals surface area contributed by atoms with Crippen molar-refractivity contribution in [2.24, 2.45) is 10.8 Å². The van der Waals surface area contributed by atoms with E-state index in [0.717, 1.165) is 76.5 Å². The lowest BCUT2D eigenvalue weighted by molar-refractivity contribution is 0.250. The molecule has 2 aromatic rings. The number of nitrogens with zero attached hydrogens (tertiary/aromatic N) is 5. The zero-order valence-corrected chi connectivity index (χ0v) is 19.7. The summed E-state index contributed by atoms with van der Waals surface area (Å²) in [6.07, 6.45) is 5.78. The number of hydrazone groups is 1. The van der Waals surface area contributed by atoms with Gasteiger partial charge in [0.25, 0.3) is 0 Å². The van der Waals surface area contributed by atoms with E-state index in [2.05, 4.69) is 67.1 Å². The van der Waals surface area contributed by atoms with Gasteiger partial charge in [-0.2, -0.15) is 5.10 Å². The minimum Gasteiger partial charge on any atom is -0.375 e. The molecular weight excluding hydrogens is 430 g/mol. The van der Waals surface area contributed by atoms with Gasteiger partial charge in [-0.05, 0) is 43.7 Å². The highest BCUT2D eigenvalue weighted by atomic mass is 35.5. The Bertz CT molecular complexity index is 860. The van der Waals surface area contributed by atoms with Crippen LogP contribution in [-0.4, -0.2) is 58.5 Å². The molecule has 0 spiro atoms. The molecule has 1 saturated heterocycles. The van der Waals surface area contributed by atoms with Crippen molar-refractivity contribution in [3.63, 3.8) is 0 Å². The largest absolute Gasteiger partial charge is 0.375 e. The molecule has 1 aromatic carbocycles. The number of aromatic nitrogens is 2. The molecule has 2 heterocycles. The lowest BCUT2D eigenvalue weighted by atomic mass is 10.2. The number of nitrogens with two attached hydrogens (primary N) is 1. The first-order valence-corrected chi connectivity index (χ1v) is 11.7. The number of hydrogen-bond donors (Lipinski definition) is 2. The Kier molecular flexibility index (Phi) is 9.12. The predicted octanol–water partition coefficient (Wildman–Crippen LogP) is 3.26. The van der Waals surface area contributed by atoms with E-state index in [-0.39, 0.29) is 5.11 Å². The smallest absolute Gasteiger partial charge is 0.184 e. The first kappa shape index (κ1) is 23.5. The zero-order chi connectivity index (χ0) is 22.1. The van der Waals surface area contributed by atoms with Gasteiger partial charge in [-0.1, -0.05) is 43.1 Å². The fraction of sp³-hybridized carbons (Fsp3) is 0.500. The van der Waals surface area contributed by atoms with Crippen LogP contribution in [0.5, 0.6) is 0 Å². The van der Waals surface area contributed by atoms with Crippen LogP contribution in [0, 0.1) is 0 Å². The van der Waals surface area contributed by atoms with Crippen LogP contribution >= 0.6 is 23.8 Å². The van der Waals surface area contributed by atoms with Crippen molar-refractivity contribution in [3.05, 3.63) is 47.0 Å². The molecule has 1 aromatic heterocycles. The number of rotatable bonds is 10. The molecule has 9 heteroatoms. The number of piperazine rings is 1. The van der Waals surface area contributed by atoms with Crippen LogP contribution < -0.4 is 16.1 Å². The van der Waals surface area contributed by atoms with Crippen molar-refractivity contribution in [1.82, 2.24) is 19.9 Å². The third-order valence-electron chi connectivity index (χ3n) is 5.51. The Hall–Kier alpha value is -2.16. The van der Waals surface area contributed by atoms with Crippen molar-refractivity contribution >= 4 is 40.8 Å². The van der Waals surface area contributed by atoms with Gasteiger partial charge < -0.3 is 15.2 Å². The van der Waals surface area contributed by atoms with E-state index in [1.165, 1.54) is 5.69 Å². The topological polar surface area (TPSA) is 74.7 Å². The van der Waals surface area contributed by atoms with E-state index < -0.39 is 0 Å². The number of thiocarbonyl (C=S) groups is 1. The summed E-state index contributed by atoms with van der Waals surface area (Å²) in [5, 5.41) is 4.68.